The second kappa shape index (κ2) is 10.3. The Morgan fingerprint density at radius 3 is 2.70 bits per heavy atom. The highest BCUT2D eigenvalue weighted by molar-refractivity contribution is 7.92. The summed E-state index contributed by atoms with van der Waals surface area (Å²) < 4.78 is 34.0. The van der Waals surface area contributed by atoms with Gasteiger partial charge in [0.05, 0.1) is 16.6 Å². The summed E-state index contributed by atoms with van der Waals surface area (Å²) in [7, 11) is -3.87. The number of amides is 1. The van der Waals surface area contributed by atoms with E-state index in [2.05, 4.69) is 20.3 Å². The number of aryl methyl sites for hydroxylation is 1. The number of piperazine rings is 1. The second-order valence-electron chi connectivity index (χ2n) is 8.33. The minimum atomic E-state index is -3.87. The summed E-state index contributed by atoms with van der Waals surface area (Å²) in [5, 5.41) is 6.63. The average molecular weight is 493 g/mol. The van der Waals surface area contributed by atoms with Crippen molar-refractivity contribution in [2.75, 3.05) is 49.0 Å². The molecule has 0 saturated carbocycles. The van der Waals surface area contributed by atoms with Gasteiger partial charge in [-0.2, -0.15) is 0 Å². The number of sulfonamides is 1. The molecule has 10 heteroatoms. The van der Waals surface area contributed by atoms with Crippen LogP contribution in [-0.2, 0) is 14.8 Å². The summed E-state index contributed by atoms with van der Waals surface area (Å²) in [6, 6.07) is 9.66. The van der Waals surface area contributed by atoms with Crippen LogP contribution < -0.4 is 20.3 Å². The van der Waals surface area contributed by atoms with E-state index in [0.29, 0.717) is 29.4 Å². The first-order valence-electron chi connectivity index (χ1n) is 11.1. The lowest BCUT2D eigenvalue weighted by Gasteiger charge is -2.31. The smallest absolute Gasteiger partial charge is 0.261 e. The molecule has 0 aliphatic carbocycles. The summed E-state index contributed by atoms with van der Waals surface area (Å²) in [6.07, 6.45) is 1.93. The number of nitrogens with zero attached hydrogens (tertiary/aromatic N) is 1. The molecule has 2 saturated heterocycles. The van der Waals surface area contributed by atoms with Gasteiger partial charge >= 0.3 is 0 Å². The Morgan fingerprint density at radius 1 is 1.21 bits per heavy atom. The fraction of sp³-hybridized carbons (Fsp3) is 0.435. The lowest BCUT2D eigenvalue weighted by Crippen LogP contribution is -2.44. The SMILES string of the molecule is Cc1ccc(S(=O)(=O)Nc2ccc(N3CCNCC3)c(C(=O)NC[C@H]3CCCO3)c2)cc1Cl. The molecule has 33 heavy (non-hydrogen) atoms. The van der Waals surface area contributed by atoms with Crippen LogP contribution >= 0.6 is 11.6 Å². The number of ether oxygens (including phenoxy) is 1. The van der Waals surface area contributed by atoms with Gasteiger partial charge in [-0.25, -0.2) is 8.42 Å². The van der Waals surface area contributed by atoms with Crippen molar-refractivity contribution in [1.82, 2.24) is 10.6 Å². The van der Waals surface area contributed by atoms with Gasteiger partial charge in [-0.3, -0.25) is 9.52 Å². The number of benzene rings is 2. The maximum absolute atomic E-state index is 13.1. The van der Waals surface area contributed by atoms with E-state index in [1.54, 1.807) is 24.3 Å². The topological polar surface area (TPSA) is 99.8 Å². The van der Waals surface area contributed by atoms with E-state index in [9.17, 15) is 13.2 Å². The van der Waals surface area contributed by atoms with Gasteiger partial charge in [0.25, 0.3) is 15.9 Å². The third-order valence-electron chi connectivity index (χ3n) is 5.92. The number of hydrogen-bond acceptors (Lipinski definition) is 6. The molecule has 2 aliphatic heterocycles. The molecule has 2 heterocycles. The van der Waals surface area contributed by atoms with E-state index in [4.69, 9.17) is 16.3 Å². The lowest BCUT2D eigenvalue weighted by atomic mass is 10.1. The molecule has 2 fully saturated rings. The van der Waals surface area contributed by atoms with E-state index in [1.165, 1.54) is 12.1 Å². The number of hydrogen-bond donors (Lipinski definition) is 3. The van der Waals surface area contributed by atoms with Crippen LogP contribution in [0.2, 0.25) is 5.02 Å². The van der Waals surface area contributed by atoms with Crippen LogP contribution in [0.15, 0.2) is 41.3 Å². The van der Waals surface area contributed by atoms with Gasteiger partial charge < -0.3 is 20.3 Å². The van der Waals surface area contributed by atoms with Crippen LogP contribution in [0.25, 0.3) is 0 Å². The number of rotatable bonds is 7. The first-order valence-corrected chi connectivity index (χ1v) is 13.0. The van der Waals surface area contributed by atoms with Crippen molar-refractivity contribution in [2.24, 2.45) is 0 Å². The zero-order chi connectivity index (χ0) is 23.4. The summed E-state index contributed by atoms with van der Waals surface area (Å²) in [6.45, 7) is 6.12. The fourth-order valence-corrected chi connectivity index (χ4v) is 5.35. The van der Waals surface area contributed by atoms with Crippen molar-refractivity contribution in [2.45, 2.75) is 30.8 Å². The van der Waals surface area contributed by atoms with E-state index in [0.717, 1.165) is 50.3 Å². The molecule has 1 amide bonds. The summed E-state index contributed by atoms with van der Waals surface area (Å²) in [5.41, 5.74) is 2.31. The Balaban J connectivity index is 1.59. The molecule has 2 aromatic rings. The van der Waals surface area contributed by atoms with Crippen LogP contribution in [0.5, 0.6) is 0 Å². The molecule has 1 atom stereocenters. The molecule has 8 nitrogen and oxygen atoms in total. The van der Waals surface area contributed by atoms with Crippen molar-refractivity contribution in [3.05, 3.63) is 52.5 Å². The monoisotopic (exact) mass is 492 g/mol. The maximum Gasteiger partial charge on any atom is 0.261 e. The number of halogens is 1. The minimum absolute atomic E-state index is 0.0181. The second-order valence-corrected chi connectivity index (χ2v) is 10.4. The highest BCUT2D eigenvalue weighted by Crippen LogP contribution is 2.28. The van der Waals surface area contributed by atoms with Crippen LogP contribution in [-0.4, -0.2) is 59.8 Å². The van der Waals surface area contributed by atoms with Crippen molar-refractivity contribution in [3.63, 3.8) is 0 Å². The molecule has 0 radical (unpaired) electrons. The molecule has 0 unspecified atom stereocenters. The molecule has 2 aliphatic rings. The molecule has 178 valence electrons. The van der Waals surface area contributed by atoms with E-state index in [-0.39, 0.29) is 16.9 Å². The van der Waals surface area contributed by atoms with Gasteiger partial charge in [0.15, 0.2) is 0 Å². The Kier molecular flexibility index (Phi) is 7.43. The number of anilines is 2. The lowest BCUT2D eigenvalue weighted by molar-refractivity contribution is 0.0858. The van der Waals surface area contributed by atoms with E-state index in [1.807, 2.05) is 6.92 Å². The molecule has 4 rings (SSSR count). The molecular formula is C23H29ClN4O4S. The van der Waals surface area contributed by atoms with Gasteiger partial charge in [0, 0.05) is 55.7 Å². The molecule has 3 N–H and O–H groups in total. The highest BCUT2D eigenvalue weighted by Gasteiger charge is 2.23. The van der Waals surface area contributed by atoms with Crippen molar-refractivity contribution in [3.8, 4) is 0 Å². The largest absolute Gasteiger partial charge is 0.376 e. The predicted molar refractivity (Wildman–Crippen MR) is 130 cm³/mol. The number of carbonyl (C=O) groups excluding carboxylic acids is 1. The quantitative estimate of drug-likeness (QED) is 0.549. The molecular weight excluding hydrogens is 464 g/mol. The van der Waals surface area contributed by atoms with Gasteiger partial charge in [-0.05, 0) is 55.7 Å². The molecule has 0 bridgehead atoms. The van der Waals surface area contributed by atoms with Gasteiger partial charge in [-0.15, -0.1) is 0 Å². The van der Waals surface area contributed by atoms with Crippen LogP contribution in [0, 0.1) is 6.92 Å². The minimum Gasteiger partial charge on any atom is -0.376 e. The van der Waals surface area contributed by atoms with Crippen LogP contribution in [0.3, 0.4) is 0 Å². The Morgan fingerprint density at radius 2 is 2.00 bits per heavy atom. The summed E-state index contributed by atoms with van der Waals surface area (Å²) in [4.78, 5) is 15.3. The Hall–Kier alpha value is -2.33. The first-order chi connectivity index (χ1) is 15.8. The Labute approximate surface area is 199 Å². The van der Waals surface area contributed by atoms with Crippen LogP contribution in [0.4, 0.5) is 11.4 Å². The first kappa shape index (κ1) is 23.8. The summed E-state index contributed by atoms with van der Waals surface area (Å²) >= 11 is 6.12. The zero-order valence-electron chi connectivity index (χ0n) is 18.6. The summed E-state index contributed by atoms with van der Waals surface area (Å²) in [5.74, 6) is -0.251. The maximum atomic E-state index is 13.1. The van der Waals surface area contributed by atoms with Crippen molar-refractivity contribution < 1.29 is 17.9 Å². The standard InChI is InChI=1S/C23H29ClN4O4S/c1-16-4-6-19(14-21(16)24)33(30,31)27-17-5-7-22(28-10-8-25-9-11-28)20(13-17)23(29)26-15-18-3-2-12-32-18/h4-7,13-14,18,25,27H,2-3,8-12,15H2,1H3,(H,26,29)/t18-/m1/s1. The van der Waals surface area contributed by atoms with Gasteiger partial charge in [0.1, 0.15) is 0 Å². The van der Waals surface area contributed by atoms with Crippen LogP contribution in [0.1, 0.15) is 28.8 Å². The third-order valence-corrected chi connectivity index (χ3v) is 7.71. The van der Waals surface area contributed by atoms with Crippen molar-refractivity contribution >= 4 is 38.9 Å². The molecule has 2 aromatic carbocycles. The van der Waals surface area contributed by atoms with Gasteiger partial charge in [-0.1, -0.05) is 17.7 Å². The number of nitrogens with one attached hydrogen (secondary N) is 3. The van der Waals surface area contributed by atoms with Gasteiger partial charge in [0.2, 0.25) is 0 Å². The zero-order valence-corrected chi connectivity index (χ0v) is 20.1. The Bertz CT molecular complexity index is 1110. The number of carbonyl (C=O) groups is 1. The molecule has 0 aromatic heterocycles. The normalized spacial score (nSPS) is 18.8. The molecule has 0 spiro atoms. The average Bonchev–Trinajstić information content (AvgIpc) is 3.33. The van der Waals surface area contributed by atoms with E-state index < -0.39 is 10.0 Å². The third kappa shape index (κ3) is 5.78. The highest BCUT2D eigenvalue weighted by atomic mass is 35.5. The van der Waals surface area contributed by atoms with E-state index >= 15 is 0 Å². The predicted octanol–water partition coefficient (Wildman–Crippen LogP) is 2.77. The fourth-order valence-electron chi connectivity index (χ4n) is 4.02. The van der Waals surface area contributed by atoms with Crippen molar-refractivity contribution in [1.29, 1.82) is 0 Å².